The zero-order chi connectivity index (χ0) is 13.2. The highest BCUT2D eigenvalue weighted by molar-refractivity contribution is 6.10. The van der Waals surface area contributed by atoms with Gasteiger partial charge in [-0.2, -0.15) is 0 Å². The van der Waals surface area contributed by atoms with Crippen LogP contribution in [0.1, 0.15) is 0 Å². The second kappa shape index (κ2) is 4.91. The fourth-order valence-corrected chi connectivity index (χ4v) is 2.23. The van der Waals surface area contributed by atoms with E-state index in [1.54, 1.807) is 0 Å². The smallest absolute Gasteiger partial charge is 0.129 e. The minimum atomic E-state index is -0.861. The fraction of sp³-hybridized carbons (Fsp3) is 0.200. The molecule has 19 heavy (non-hydrogen) atoms. The number of rotatable bonds is 4. The van der Waals surface area contributed by atoms with Gasteiger partial charge in [-0.3, -0.25) is 0 Å². The number of H-pyrrole nitrogens is 1. The molecule has 4 heteroatoms. The van der Waals surface area contributed by atoms with Crippen molar-refractivity contribution in [3.05, 3.63) is 42.5 Å². The summed E-state index contributed by atoms with van der Waals surface area (Å²) in [6, 6.07) is 13.8. The first-order valence-electron chi connectivity index (χ1n) is 6.21. The molecular weight excluding hydrogens is 242 g/mol. The van der Waals surface area contributed by atoms with Gasteiger partial charge in [-0.1, -0.05) is 24.3 Å². The van der Waals surface area contributed by atoms with Gasteiger partial charge in [0.2, 0.25) is 0 Å². The van der Waals surface area contributed by atoms with E-state index in [2.05, 4.69) is 4.98 Å². The molecule has 0 spiro atoms. The molecule has 3 N–H and O–H groups in total. The van der Waals surface area contributed by atoms with Crippen molar-refractivity contribution in [2.24, 2.45) is 0 Å². The first kappa shape index (κ1) is 12.0. The number of aliphatic hydroxyl groups excluding tert-OH is 2. The van der Waals surface area contributed by atoms with Gasteiger partial charge < -0.3 is 19.9 Å². The second-order valence-corrected chi connectivity index (χ2v) is 4.50. The van der Waals surface area contributed by atoms with Crippen LogP contribution in [0.4, 0.5) is 0 Å². The third-order valence-corrected chi connectivity index (χ3v) is 3.13. The molecular formula is C15H15NO3. The highest BCUT2D eigenvalue weighted by Gasteiger charge is 2.10. The van der Waals surface area contributed by atoms with Gasteiger partial charge in [0.1, 0.15) is 18.5 Å². The van der Waals surface area contributed by atoms with E-state index in [9.17, 15) is 5.11 Å². The van der Waals surface area contributed by atoms with Gasteiger partial charge in [0, 0.05) is 16.3 Å². The summed E-state index contributed by atoms with van der Waals surface area (Å²) >= 11 is 0. The molecule has 0 amide bonds. The first-order chi connectivity index (χ1) is 9.29. The van der Waals surface area contributed by atoms with E-state index < -0.39 is 6.10 Å². The summed E-state index contributed by atoms with van der Waals surface area (Å²) in [5.41, 5.74) is 2.05. The maximum absolute atomic E-state index is 9.37. The molecule has 0 radical (unpaired) electrons. The molecule has 2 aromatic carbocycles. The Labute approximate surface area is 110 Å². The topological polar surface area (TPSA) is 65.5 Å². The second-order valence-electron chi connectivity index (χ2n) is 4.50. The van der Waals surface area contributed by atoms with Crippen molar-refractivity contribution in [1.82, 2.24) is 4.98 Å². The average molecular weight is 257 g/mol. The van der Waals surface area contributed by atoms with Crippen molar-refractivity contribution in [2.75, 3.05) is 13.2 Å². The van der Waals surface area contributed by atoms with Crippen LogP contribution in [0.25, 0.3) is 21.8 Å². The lowest BCUT2D eigenvalue weighted by atomic mass is 10.1. The van der Waals surface area contributed by atoms with Crippen LogP contribution in [0.5, 0.6) is 5.75 Å². The Morgan fingerprint density at radius 3 is 2.68 bits per heavy atom. The fourth-order valence-electron chi connectivity index (χ4n) is 2.23. The van der Waals surface area contributed by atoms with E-state index in [1.165, 1.54) is 0 Å². The minimum absolute atomic E-state index is 0.0785. The van der Waals surface area contributed by atoms with Crippen LogP contribution in [0.3, 0.4) is 0 Å². The number of aromatic nitrogens is 1. The number of aromatic amines is 1. The van der Waals surface area contributed by atoms with E-state index in [4.69, 9.17) is 9.84 Å². The number of hydrogen-bond donors (Lipinski definition) is 3. The zero-order valence-corrected chi connectivity index (χ0v) is 10.3. The minimum Gasteiger partial charge on any atom is -0.490 e. The molecule has 0 aliphatic heterocycles. The molecule has 0 aliphatic rings. The molecule has 0 aliphatic carbocycles. The quantitative estimate of drug-likeness (QED) is 0.670. The number of ether oxygens (including phenoxy) is 1. The Bertz CT molecular complexity index is 705. The van der Waals surface area contributed by atoms with Gasteiger partial charge in [0.25, 0.3) is 0 Å². The van der Waals surface area contributed by atoms with Crippen molar-refractivity contribution in [3.8, 4) is 5.75 Å². The van der Waals surface area contributed by atoms with E-state index in [0.29, 0.717) is 5.75 Å². The van der Waals surface area contributed by atoms with Crippen molar-refractivity contribution >= 4 is 21.8 Å². The number of hydrogen-bond acceptors (Lipinski definition) is 3. The zero-order valence-electron chi connectivity index (χ0n) is 10.3. The summed E-state index contributed by atoms with van der Waals surface area (Å²) in [5.74, 6) is 0.711. The SMILES string of the molecule is OCC(O)COc1cccc2[nH]c3ccccc3c12. The molecule has 3 rings (SSSR count). The molecule has 0 saturated carbocycles. The number of aliphatic hydroxyl groups is 2. The Morgan fingerprint density at radius 2 is 1.84 bits per heavy atom. The molecule has 4 nitrogen and oxygen atoms in total. The molecule has 98 valence electrons. The molecule has 1 unspecified atom stereocenters. The maximum Gasteiger partial charge on any atom is 0.129 e. The van der Waals surface area contributed by atoms with Gasteiger partial charge in [-0.05, 0) is 18.2 Å². The Kier molecular flexibility index (Phi) is 3.11. The highest BCUT2D eigenvalue weighted by atomic mass is 16.5. The number of benzene rings is 2. The lowest BCUT2D eigenvalue weighted by molar-refractivity contribution is 0.0541. The summed E-state index contributed by atoms with van der Waals surface area (Å²) in [5, 5.41) is 20.3. The van der Waals surface area contributed by atoms with Crippen LogP contribution in [-0.2, 0) is 0 Å². The van der Waals surface area contributed by atoms with E-state index >= 15 is 0 Å². The lowest BCUT2D eigenvalue weighted by Crippen LogP contribution is -2.21. The summed E-state index contributed by atoms with van der Waals surface area (Å²) < 4.78 is 5.61. The van der Waals surface area contributed by atoms with Crippen LogP contribution < -0.4 is 4.74 Å². The van der Waals surface area contributed by atoms with Gasteiger partial charge in [-0.25, -0.2) is 0 Å². The summed E-state index contributed by atoms with van der Waals surface area (Å²) in [6.07, 6.45) is -0.861. The molecule has 1 aromatic heterocycles. The van der Waals surface area contributed by atoms with Gasteiger partial charge >= 0.3 is 0 Å². The lowest BCUT2D eigenvalue weighted by Gasteiger charge is -2.10. The summed E-state index contributed by atoms with van der Waals surface area (Å²) in [6.45, 7) is -0.223. The van der Waals surface area contributed by atoms with E-state index in [-0.39, 0.29) is 13.2 Å². The molecule has 1 heterocycles. The van der Waals surface area contributed by atoms with Crippen LogP contribution in [0.2, 0.25) is 0 Å². The van der Waals surface area contributed by atoms with Crippen molar-refractivity contribution < 1.29 is 14.9 Å². The maximum atomic E-state index is 9.37. The highest BCUT2D eigenvalue weighted by Crippen LogP contribution is 2.32. The van der Waals surface area contributed by atoms with E-state index in [0.717, 1.165) is 21.8 Å². The largest absolute Gasteiger partial charge is 0.490 e. The van der Waals surface area contributed by atoms with Crippen molar-refractivity contribution in [3.63, 3.8) is 0 Å². The predicted molar refractivity (Wildman–Crippen MR) is 74.4 cm³/mol. The Hall–Kier alpha value is -2.04. The molecule has 3 aromatic rings. The Balaban J connectivity index is 2.08. The summed E-state index contributed by atoms with van der Waals surface area (Å²) in [7, 11) is 0. The van der Waals surface area contributed by atoms with Gasteiger partial charge in [0.05, 0.1) is 12.1 Å². The van der Waals surface area contributed by atoms with Gasteiger partial charge in [-0.15, -0.1) is 0 Å². The van der Waals surface area contributed by atoms with Crippen molar-refractivity contribution in [2.45, 2.75) is 6.10 Å². The standard InChI is InChI=1S/C15H15NO3/c17-8-10(18)9-19-14-7-3-6-13-15(14)11-4-1-2-5-12(11)16-13/h1-7,10,16-18H,8-9H2. The molecule has 0 bridgehead atoms. The first-order valence-corrected chi connectivity index (χ1v) is 6.21. The van der Waals surface area contributed by atoms with Crippen LogP contribution >= 0.6 is 0 Å². The monoisotopic (exact) mass is 257 g/mol. The van der Waals surface area contributed by atoms with E-state index in [1.807, 2.05) is 42.5 Å². The normalized spacial score (nSPS) is 12.9. The number of para-hydroxylation sites is 1. The number of nitrogens with one attached hydrogen (secondary N) is 1. The van der Waals surface area contributed by atoms with Crippen molar-refractivity contribution in [1.29, 1.82) is 0 Å². The van der Waals surface area contributed by atoms with Crippen LogP contribution in [0.15, 0.2) is 42.5 Å². The average Bonchev–Trinajstić information content (AvgIpc) is 2.83. The number of fused-ring (bicyclic) bond motifs is 3. The molecule has 0 fully saturated rings. The molecule has 1 atom stereocenters. The third-order valence-electron chi connectivity index (χ3n) is 3.13. The Morgan fingerprint density at radius 1 is 1.05 bits per heavy atom. The van der Waals surface area contributed by atoms with Crippen LogP contribution in [0, 0.1) is 0 Å². The third kappa shape index (κ3) is 2.16. The predicted octanol–water partition coefficient (Wildman–Crippen LogP) is 2.05. The van der Waals surface area contributed by atoms with Crippen LogP contribution in [-0.4, -0.2) is 34.5 Å². The summed E-state index contributed by atoms with van der Waals surface area (Å²) in [4.78, 5) is 3.33. The van der Waals surface area contributed by atoms with Gasteiger partial charge in [0.15, 0.2) is 0 Å². The molecule has 0 saturated heterocycles.